The quantitative estimate of drug-likeness (QED) is 0.560. The summed E-state index contributed by atoms with van der Waals surface area (Å²) >= 11 is 13.7. The number of halogens is 2. The van der Waals surface area contributed by atoms with E-state index in [1.807, 2.05) is 12.3 Å². The molecule has 0 atom stereocenters. The first-order valence-electron chi connectivity index (χ1n) is 9.91. The van der Waals surface area contributed by atoms with Gasteiger partial charge in [-0.25, -0.2) is 13.4 Å². The van der Waals surface area contributed by atoms with Crippen molar-refractivity contribution in [3.63, 3.8) is 0 Å². The van der Waals surface area contributed by atoms with Gasteiger partial charge in [0, 0.05) is 41.6 Å². The highest BCUT2D eigenvalue weighted by atomic mass is 35.5. The van der Waals surface area contributed by atoms with Gasteiger partial charge in [0.25, 0.3) is 0 Å². The number of sulfonamides is 1. The lowest BCUT2D eigenvalue weighted by Gasteiger charge is -2.30. The Bertz CT molecular complexity index is 987. The number of rotatable bonds is 8. The summed E-state index contributed by atoms with van der Waals surface area (Å²) in [6.45, 7) is 3.18. The first-order chi connectivity index (χ1) is 14.3. The largest absolute Gasteiger partial charge is 0.356 e. The Hall–Kier alpha value is -1.19. The van der Waals surface area contributed by atoms with Crippen molar-refractivity contribution in [2.24, 2.45) is 5.92 Å². The Balaban J connectivity index is 1.43. The Morgan fingerprint density at radius 2 is 2.00 bits per heavy atom. The predicted octanol–water partition coefficient (Wildman–Crippen LogP) is 4.30. The molecule has 0 bridgehead atoms. The molecule has 0 unspecified atom stereocenters. The Kier molecular flexibility index (Phi) is 8.15. The normalized spacial score (nSPS) is 16.0. The number of amides is 1. The number of aryl methyl sites for hydroxylation is 2. The lowest BCUT2D eigenvalue weighted by molar-refractivity contribution is -0.126. The van der Waals surface area contributed by atoms with E-state index in [9.17, 15) is 13.2 Å². The summed E-state index contributed by atoms with van der Waals surface area (Å²) in [6.07, 6.45) is 3.77. The number of carbonyl (C=O) groups is 1. The molecule has 30 heavy (non-hydrogen) atoms. The molecule has 3 rings (SSSR count). The summed E-state index contributed by atoms with van der Waals surface area (Å²) < 4.78 is 27.1. The number of aromatic nitrogens is 1. The van der Waals surface area contributed by atoms with Crippen LogP contribution in [-0.2, 0) is 21.2 Å². The van der Waals surface area contributed by atoms with E-state index in [2.05, 4.69) is 10.3 Å². The van der Waals surface area contributed by atoms with Crippen LogP contribution in [-0.4, -0.2) is 43.2 Å². The fourth-order valence-corrected chi connectivity index (χ4v) is 6.47. The van der Waals surface area contributed by atoms with Crippen LogP contribution in [0.15, 0.2) is 28.5 Å². The van der Waals surface area contributed by atoms with Gasteiger partial charge in [0.1, 0.15) is 4.90 Å². The molecule has 0 radical (unpaired) electrons. The minimum Gasteiger partial charge on any atom is -0.356 e. The monoisotopic (exact) mass is 489 g/mol. The predicted molar refractivity (Wildman–Crippen MR) is 121 cm³/mol. The molecule has 1 aromatic heterocycles. The van der Waals surface area contributed by atoms with E-state index in [0.29, 0.717) is 24.4 Å². The van der Waals surface area contributed by atoms with Crippen molar-refractivity contribution in [1.82, 2.24) is 14.6 Å². The standard InChI is InChI=1S/C20H25Cl2N3O3S2/c1-14-13-29-19(24-14)4-2-3-9-23-20(26)15-7-10-25(11-8-15)30(27,28)18-12-16(21)5-6-17(18)22/h5-6,12-13,15H,2-4,7-11H2,1H3,(H,23,26). The van der Waals surface area contributed by atoms with Gasteiger partial charge >= 0.3 is 0 Å². The fourth-order valence-electron chi connectivity index (χ4n) is 3.45. The van der Waals surface area contributed by atoms with Crippen molar-refractivity contribution in [3.8, 4) is 0 Å². The molecule has 1 aromatic carbocycles. The molecule has 1 aliphatic heterocycles. The summed E-state index contributed by atoms with van der Waals surface area (Å²) in [5.74, 6) is -0.175. The van der Waals surface area contributed by atoms with Crippen molar-refractivity contribution >= 4 is 50.5 Å². The number of hydrogen-bond donors (Lipinski definition) is 1. The van der Waals surface area contributed by atoms with Gasteiger partial charge in [-0.1, -0.05) is 23.2 Å². The van der Waals surface area contributed by atoms with Crippen molar-refractivity contribution in [2.75, 3.05) is 19.6 Å². The van der Waals surface area contributed by atoms with E-state index >= 15 is 0 Å². The van der Waals surface area contributed by atoms with E-state index in [1.165, 1.54) is 16.4 Å². The molecule has 2 heterocycles. The number of unbranched alkanes of at least 4 members (excludes halogenated alkanes) is 1. The zero-order chi connectivity index (χ0) is 21.7. The van der Waals surface area contributed by atoms with Crippen molar-refractivity contribution in [3.05, 3.63) is 44.3 Å². The van der Waals surface area contributed by atoms with Crippen LogP contribution in [0.1, 0.15) is 36.4 Å². The molecule has 164 valence electrons. The average Bonchev–Trinajstić information content (AvgIpc) is 3.14. The maximum Gasteiger partial charge on any atom is 0.244 e. The molecule has 1 saturated heterocycles. The van der Waals surface area contributed by atoms with Crippen molar-refractivity contribution in [1.29, 1.82) is 0 Å². The maximum atomic E-state index is 12.9. The van der Waals surface area contributed by atoms with Gasteiger partial charge in [-0.2, -0.15) is 4.31 Å². The van der Waals surface area contributed by atoms with Crippen LogP contribution in [0.3, 0.4) is 0 Å². The van der Waals surface area contributed by atoms with Crippen molar-refractivity contribution < 1.29 is 13.2 Å². The van der Waals surface area contributed by atoms with Crippen molar-refractivity contribution in [2.45, 2.75) is 43.9 Å². The van der Waals surface area contributed by atoms with Gasteiger partial charge in [-0.3, -0.25) is 4.79 Å². The number of piperidine rings is 1. The average molecular weight is 490 g/mol. The third-order valence-corrected chi connectivity index (χ3v) is 8.76. The SMILES string of the molecule is Cc1csc(CCCCNC(=O)C2CCN(S(=O)(=O)c3cc(Cl)ccc3Cl)CC2)n1. The summed E-state index contributed by atoms with van der Waals surface area (Å²) in [4.78, 5) is 16.9. The second-order valence-corrected chi connectivity index (χ2v) is 11.1. The summed E-state index contributed by atoms with van der Waals surface area (Å²) in [6, 6.07) is 4.40. The van der Waals surface area contributed by atoms with Crippen LogP contribution >= 0.6 is 34.5 Å². The second kappa shape index (κ2) is 10.4. The van der Waals surface area contributed by atoms with Gasteiger partial charge in [0.2, 0.25) is 15.9 Å². The maximum absolute atomic E-state index is 12.9. The summed E-state index contributed by atoms with van der Waals surface area (Å²) in [5.41, 5.74) is 1.05. The third kappa shape index (κ3) is 5.95. The number of nitrogens with zero attached hydrogens (tertiary/aromatic N) is 2. The fraction of sp³-hybridized carbons (Fsp3) is 0.500. The minimum atomic E-state index is -3.73. The first kappa shape index (κ1) is 23.5. The Morgan fingerprint density at radius 1 is 1.27 bits per heavy atom. The highest BCUT2D eigenvalue weighted by molar-refractivity contribution is 7.89. The van der Waals surface area contributed by atoms with Crippen LogP contribution in [0.4, 0.5) is 0 Å². The van der Waals surface area contributed by atoms with Crippen LogP contribution in [0.25, 0.3) is 0 Å². The Labute approximate surface area is 191 Å². The molecule has 0 saturated carbocycles. The van der Waals surface area contributed by atoms with Gasteiger partial charge < -0.3 is 5.32 Å². The van der Waals surface area contributed by atoms with Crippen LogP contribution in [0, 0.1) is 12.8 Å². The molecule has 1 amide bonds. The van der Waals surface area contributed by atoms with Gasteiger partial charge in [0.15, 0.2) is 0 Å². The number of thiazole rings is 1. The lowest BCUT2D eigenvalue weighted by Crippen LogP contribution is -2.43. The highest BCUT2D eigenvalue weighted by Gasteiger charge is 2.33. The smallest absolute Gasteiger partial charge is 0.244 e. The van der Waals surface area contributed by atoms with Crippen LogP contribution in [0.5, 0.6) is 0 Å². The molecule has 2 aromatic rings. The zero-order valence-corrected chi connectivity index (χ0v) is 19.9. The van der Waals surface area contributed by atoms with Gasteiger partial charge in [0.05, 0.1) is 10.0 Å². The molecular weight excluding hydrogens is 465 g/mol. The molecule has 6 nitrogen and oxygen atoms in total. The highest BCUT2D eigenvalue weighted by Crippen LogP contribution is 2.30. The molecule has 10 heteroatoms. The number of carbonyl (C=O) groups excluding carboxylic acids is 1. The molecule has 0 spiro atoms. The molecule has 1 fully saturated rings. The Morgan fingerprint density at radius 3 is 2.67 bits per heavy atom. The van der Waals surface area contributed by atoms with Crippen LogP contribution < -0.4 is 5.32 Å². The summed E-state index contributed by atoms with van der Waals surface area (Å²) in [5, 5.41) is 6.62. The van der Waals surface area contributed by atoms with Crippen LogP contribution in [0.2, 0.25) is 10.0 Å². The van der Waals surface area contributed by atoms with E-state index in [4.69, 9.17) is 23.2 Å². The lowest BCUT2D eigenvalue weighted by atomic mass is 9.97. The topological polar surface area (TPSA) is 79.4 Å². The molecule has 0 aliphatic carbocycles. The molecular formula is C20H25Cl2N3O3S2. The number of hydrogen-bond acceptors (Lipinski definition) is 5. The second-order valence-electron chi connectivity index (χ2n) is 7.38. The van der Waals surface area contributed by atoms with Gasteiger partial charge in [-0.15, -0.1) is 11.3 Å². The molecule has 1 aliphatic rings. The summed E-state index contributed by atoms with van der Waals surface area (Å²) in [7, 11) is -3.73. The molecule has 1 N–H and O–H groups in total. The van der Waals surface area contributed by atoms with E-state index in [1.54, 1.807) is 17.4 Å². The van der Waals surface area contributed by atoms with Gasteiger partial charge in [-0.05, 0) is 57.2 Å². The van der Waals surface area contributed by atoms with E-state index in [-0.39, 0.29) is 34.8 Å². The van der Waals surface area contributed by atoms with E-state index in [0.717, 1.165) is 30.0 Å². The minimum absolute atomic E-state index is 0.00192. The first-order valence-corrected chi connectivity index (χ1v) is 13.0. The third-order valence-electron chi connectivity index (χ3n) is 5.12. The number of nitrogens with one attached hydrogen (secondary N) is 1. The van der Waals surface area contributed by atoms with E-state index < -0.39 is 10.0 Å². The number of benzene rings is 1. The zero-order valence-electron chi connectivity index (χ0n) is 16.7.